The molecule has 0 aliphatic carbocycles. The van der Waals surface area contributed by atoms with E-state index >= 15 is 0 Å². The SMILES string of the molecule is NCCCOCCOCCOCCCNC(=O)CCCC[C@@H]1SC[C@@H]2NC(=O)N[C@@H]21.O=C(O)C(F)(F)F. The Morgan fingerprint density at radius 3 is 2.19 bits per heavy atom. The van der Waals surface area contributed by atoms with Gasteiger partial charge in [0, 0.05) is 37.2 Å². The van der Waals surface area contributed by atoms with Gasteiger partial charge in [0.2, 0.25) is 5.91 Å². The molecule has 2 fully saturated rings. The molecule has 0 bridgehead atoms. The van der Waals surface area contributed by atoms with Crippen LogP contribution in [0.5, 0.6) is 0 Å². The van der Waals surface area contributed by atoms with Gasteiger partial charge in [-0.2, -0.15) is 24.9 Å². The lowest BCUT2D eigenvalue weighted by Crippen LogP contribution is -2.36. The Hall–Kier alpha value is -1.81. The molecule has 2 aliphatic rings. The minimum atomic E-state index is -5.08. The Bertz CT molecular complexity index is 677. The van der Waals surface area contributed by atoms with Gasteiger partial charge in [-0.1, -0.05) is 6.42 Å². The van der Waals surface area contributed by atoms with Crippen LogP contribution in [-0.4, -0.2) is 105 Å². The Labute approximate surface area is 219 Å². The lowest BCUT2D eigenvalue weighted by Gasteiger charge is -2.16. The van der Waals surface area contributed by atoms with Crippen LogP contribution >= 0.6 is 11.8 Å². The number of nitrogens with one attached hydrogen (secondary N) is 3. The van der Waals surface area contributed by atoms with Crippen LogP contribution in [0.3, 0.4) is 0 Å². The number of hydrogen-bond donors (Lipinski definition) is 5. The van der Waals surface area contributed by atoms with Gasteiger partial charge in [-0.25, -0.2) is 9.59 Å². The molecule has 37 heavy (non-hydrogen) atoms. The summed E-state index contributed by atoms with van der Waals surface area (Å²) in [5.74, 6) is -1.68. The van der Waals surface area contributed by atoms with Crippen LogP contribution in [0, 0.1) is 0 Å². The molecule has 216 valence electrons. The van der Waals surface area contributed by atoms with Crippen molar-refractivity contribution in [1.29, 1.82) is 0 Å². The fourth-order valence-corrected chi connectivity index (χ4v) is 5.04. The van der Waals surface area contributed by atoms with Gasteiger partial charge in [-0.05, 0) is 32.2 Å². The Kier molecular flexibility index (Phi) is 17.3. The first-order valence-corrected chi connectivity index (χ1v) is 13.4. The van der Waals surface area contributed by atoms with Gasteiger partial charge in [0.05, 0.1) is 38.5 Å². The molecule has 0 unspecified atom stereocenters. The number of urea groups is 1. The van der Waals surface area contributed by atoms with E-state index in [1.54, 1.807) is 0 Å². The normalized spacial score (nSPS) is 20.4. The van der Waals surface area contributed by atoms with Gasteiger partial charge in [-0.15, -0.1) is 0 Å². The van der Waals surface area contributed by atoms with Crippen molar-refractivity contribution in [3.05, 3.63) is 0 Å². The van der Waals surface area contributed by atoms with Gasteiger partial charge < -0.3 is 41.0 Å². The zero-order chi connectivity index (χ0) is 27.5. The Morgan fingerprint density at radius 1 is 1.00 bits per heavy atom. The molecule has 11 nitrogen and oxygen atoms in total. The minimum Gasteiger partial charge on any atom is -0.475 e. The summed E-state index contributed by atoms with van der Waals surface area (Å²) >= 11 is 1.92. The van der Waals surface area contributed by atoms with Crippen molar-refractivity contribution < 1.29 is 46.9 Å². The molecule has 2 aliphatic heterocycles. The van der Waals surface area contributed by atoms with Gasteiger partial charge in [0.15, 0.2) is 0 Å². The first kappa shape index (κ1) is 33.2. The van der Waals surface area contributed by atoms with Crippen molar-refractivity contribution in [3.8, 4) is 0 Å². The van der Waals surface area contributed by atoms with Crippen molar-refractivity contribution in [3.63, 3.8) is 0 Å². The lowest BCUT2D eigenvalue weighted by molar-refractivity contribution is -0.192. The van der Waals surface area contributed by atoms with Crippen molar-refractivity contribution in [1.82, 2.24) is 16.0 Å². The molecule has 3 atom stereocenters. The summed E-state index contributed by atoms with van der Waals surface area (Å²) in [4.78, 5) is 32.2. The summed E-state index contributed by atoms with van der Waals surface area (Å²) < 4.78 is 48.0. The summed E-state index contributed by atoms with van der Waals surface area (Å²) in [6.45, 7) is 4.82. The summed E-state index contributed by atoms with van der Waals surface area (Å²) in [7, 11) is 0. The fraction of sp³-hybridized carbons (Fsp3) is 0.864. The minimum absolute atomic E-state index is 0.0464. The number of aliphatic carboxylic acids is 1. The maximum absolute atomic E-state index is 11.9. The van der Waals surface area contributed by atoms with E-state index in [9.17, 15) is 22.8 Å². The maximum atomic E-state index is 11.9. The number of halogens is 3. The molecule has 2 saturated heterocycles. The highest BCUT2D eigenvalue weighted by Gasteiger charge is 2.42. The number of rotatable bonds is 18. The number of nitrogens with two attached hydrogens (primary N) is 1. The first-order valence-electron chi connectivity index (χ1n) is 12.3. The van der Waals surface area contributed by atoms with Gasteiger partial charge in [0.25, 0.3) is 0 Å². The van der Waals surface area contributed by atoms with E-state index in [2.05, 4.69) is 16.0 Å². The Morgan fingerprint density at radius 2 is 1.59 bits per heavy atom. The molecule has 0 aromatic rings. The highest BCUT2D eigenvalue weighted by molar-refractivity contribution is 8.00. The molecule has 0 radical (unpaired) electrons. The monoisotopic (exact) mass is 560 g/mol. The molecule has 0 aromatic carbocycles. The summed E-state index contributed by atoms with van der Waals surface area (Å²) in [6.07, 6.45) is 0.0625. The summed E-state index contributed by atoms with van der Waals surface area (Å²) in [5, 5.41) is 16.5. The number of amides is 3. The molecular weight excluding hydrogens is 521 g/mol. The fourth-order valence-electron chi connectivity index (χ4n) is 3.49. The van der Waals surface area contributed by atoms with E-state index in [1.165, 1.54) is 0 Å². The quantitative estimate of drug-likeness (QED) is 0.123. The maximum Gasteiger partial charge on any atom is 0.490 e. The third-order valence-corrected chi connectivity index (χ3v) is 6.86. The zero-order valence-electron chi connectivity index (χ0n) is 20.9. The number of hydrogen-bond acceptors (Lipinski definition) is 8. The molecule has 2 rings (SSSR count). The molecule has 3 amide bonds. The number of ether oxygens (including phenoxy) is 3. The van der Waals surface area contributed by atoms with Crippen LogP contribution in [-0.2, 0) is 23.8 Å². The topological polar surface area (TPSA) is 161 Å². The number of unbranched alkanes of at least 4 members (excludes halogenated alkanes) is 1. The van der Waals surface area contributed by atoms with Gasteiger partial charge in [0.1, 0.15) is 0 Å². The van der Waals surface area contributed by atoms with E-state index in [-0.39, 0.29) is 24.0 Å². The number of alkyl halides is 3. The van der Waals surface area contributed by atoms with Crippen LogP contribution < -0.4 is 21.7 Å². The van der Waals surface area contributed by atoms with Crippen molar-refractivity contribution in [2.45, 2.75) is 62.0 Å². The predicted molar refractivity (Wildman–Crippen MR) is 131 cm³/mol. The standard InChI is InChI=1S/C20H38N4O5S.C2HF3O2/c21-7-3-9-27-11-13-29-14-12-28-10-4-8-22-18(25)6-2-1-5-17-19-16(15-30-17)23-20(26)24-19;3-2(4,5)1(6)7/h16-17,19H,1-15,21H2,(H,22,25)(H2,23,24,26);(H,6,7)/t16-,17-,19-;/m0./s1. The molecule has 6 N–H and O–H groups in total. The van der Waals surface area contributed by atoms with Crippen molar-refractivity contribution in [2.75, 3.05) is 58.5 Å². The summed E-state index contributed by atoms with van der Waals surface area (Å²) in [5.41, 5.74) is 5.38. The zero-order valence-corrected chi connectivity index (χ0v) is 21.7. The van der Waals surface area contributed by atoms with Gasteiger partial charge >= 0.3 is 18.2 Å². The second-order valence-electron chi connectivity index (χ2n) is 8.35. The summed E-state index contributed by atoms with van der Waals surface area (Å²) in [6, 6.07) is 0.469. The molecule has 0 saturated carbocycles. The van der Waals surface area contributed by atoms with E-state index in [4.69, 9.17) is 29.8 Å². The average molecular weight is 561 g/mol. The first-order chi connectivity index (χ1) is 17.6. The number of carboxylic acids is 1. The van der Waals surface area contributed by atoms with Crippen LogP contribution in [0.25, 0.3) is 0 Å². The number of carbonyl (C=O) groups excluding carboxylic acids is 2. The molecule has 2 heterocycles. The van der Waals surface area contributed by atoms with Crippen LogP contribution in [0.2, 0.25) is 0 Å². The highest BCUT2D eigenvalue weighted by atomic mass is 32.2. The number of fused-ring (bicyclic) bond motifs is 1. The number of carbonyl (C=O) groups is 3. The molecule has 0 spiro atoms. The lowest BCUT2D eigenvalue weighted by atomic mass is 10.0. The van der Waals surface area contributed by atoms with Gasteiger partial charge in [-0.3, -0.25) is 4.79 Å². The van der Waals surface area contributed by atoms with E-state index in [0.717, 1.165) is 37.9 Å². The van der Waals surface area contributed by atoms with E-state index in [0.29, 0.717) is 64.4 Å². The molecule has 0 aromatic heterocycles. The number of thioether (sulfide) groups is 1. The highest BCUT2D eigenvalue weighted by Crippen LogP contribution is 2.33. The largest absolute Gasteiger partial charge is 0.490 e. The van der Waals surface area contributed by atoms with Crippen LogP contribution in [0.1, 0.15) is 38.5 Å². The molecule has 15 heteroatoms. The second kappa shape index (κ2) is 19.3. The van der Waals surface area contributed by atoms with Crippen LogP contribution in [0.4, 0.5) is 18.0 Å². The average Bonchev–Trinajstić information content (AvgIpc) is 3.38. The van der Waals surface area contributed by atoms with E-state index < -0.39 is 12.1 Å². The van der Waals surface area contributed by atoms with Crippen LogP contribution in [0.15, 0.2) is 0 Å². The molecular formula is C22H39F3N4O7S. The van der Waals surface area contributed by atoms with Crippen molar-refractivity contribution >= 4 is 29.7 Å². The Balaban J connectivity index is 0.000000856. The van der Waals surface area contributed by atoms with Crippen molar-refractivity contribution in [2.24, 2.45) is 5.73 Å². The second-order valence-corrected chi connectivity index (χ2v) is 9.63. The third kappa shape index (κ3) is 15.9. The van der Waals surface area contributed by atoms with E-state index in [1.807, 2.05) is 11.8 Å². The smallest absolute Gasteiger partial charge is 0.475 e. The number of carboxylic acid groups (broad SMARTS) is 1. The third-order valence-electron chi connectivity index (χ3n) is 5.35. The predicted octanol–water partition coefficient (Wildman–Crippen LogP) is 1.25.